The van der Waals surface area contributed by atoms with E-state index in [1.165, 1.54) is 0 Å². The van der Waals surface area contributed by atoms with E-state index in [0.29, 0.717) is 29.3 Å². The first-order valence-corrected chi connectivity index (χ1v) is 9.56. The number of carbonyl (C=O) groups excluding carboxylic acids is 1. The zero-order valence-electron chi connectivity index (χ0n) is 13.1. The normalized spacial score (nSPS) is 21.0. The van der Waals surface area contributed by atoms with Crippen LogP contribution in [0.25, 0.3) is 0 Å². The van der Waals surface area contributed by atoms with Crippen molar-refractivity contribution in [1.82, 2.24) is 5.32 Å². The Morgan fingerprint density at radius 2 is 1.91 bits per heavy atom. The number of nitrogens with one attached hydrogen (secondary N) is 1. The van der Waals surface area contributed by atoms with Crippen molar-refractivity contribution in [2.24, 2.45) is 5.92 Å². The minimum atomic E-state index is -0.414. The summed E-state index contributed by atoms with van der Waals surface area (Å²) in [5.74, 6) is 1.000. The highest BCUT2D eigenvalue weighted by atomic mass is 79.9. The Hall–Kier alpha value is -0.780. The van der Waals surface area contributed by atoms with Gasteiger partial charge in [0.05, 0.1) is 6.10 Å². The van der Waals surface area contributed by atoms with Crippen molar-refractivity contribution in [3.63, 3.8) is 0 Å². The van der Waals surface area contributed by atoms with Crippen molar-refractivity contribution in [3.8, 4) is 5.75 Å². The van der Waals surface area contributed by atoms with Gasteiger partial charge in [0.15, 0.2) is 0 Å². The second-order valence-electron chi connectivity index (χ2n) is 5.78. The molecular weight excluding hydrogens is 382 g/mol. The summed E-state index contributed by atoms with van der Waals surface area (Å²) in [6.07, 6.45) is 5.33. The Kier molecular flexibility index (Phi) is 8.20. The smallest absolute Gasteiger partial charge is 0.410 e. The van der Waals surface area contributed by atoms with E-state index in [-0.39, 0.29) is 0 Å². The van der Waals surface area contributed by atoms with Gasteiger partial charge in [0.25, 0.3) is 0 Å². The van der Waals surface area contributed by atoms with Gasteiger partial charge in [0.2, 0.25) is 0 Å². The molecule has 0 atom stereocenters. The predicted octanol–water partition coefficient (Wildman–Crippen LogP) is 4.79. The number of carbonyl (C=O) groups is 1. The van der Waals surface area contributed by atoms with E-state index in [4.69, 9.17) is 21.1 Å². The molecule has 0 unspecified atom stereocenters. The Balaban J connectivity index is 1.61. The fraction of sp³-hybridized carbons (Fsp3) is 0.588. The Morgan fingerprint density at radius 3 is 2.57 bits per heavy atom. The van der Waals surface area contributed by atoms with E-state index < -0.39 is 6.09 Å². The molecule has 4 nitrogen and oxygen atoms in total. The van der Waals surface area contributed by atoms with Crippen LogP contribution in [0.1, 0.15) is 32.1 Å². The van der Waals surface area contributed by atoms with Gasteiger partial charge >= 0.3 is 6.09 Å². The summed E-state index contributed by atoms with van der Waals surface area (Å²) in [4.78, 5) is 11.8. The van der Waals surface area contributed by atoms with E-state index in [9.17, 15) is 4.79 Å². The van der Waals surface area contributed by atoms with Gasteiger partial charge < -0.3 is 14.8 Å². The van der Waals surface area contributed by atoms with Gasteiger partial charge in [-0.1, -0.05) is 27.5 Å². The molecule has 0 heterocycles. The fourth-order valence-electron chi connectivity index (χ4n) is 2.68. The van der Waals surface area contributed by atoms with Crippen molar-refractivity contribution in [2.75, 3.05) is 18.5 Å². The largest absolute Gasteiger partial charge is 0.412 e. The van der Waals surface area contributed by atoms with Crippen LogP contribution in [0.4, 0.5) is 4.79 Å². The molecule has 6 heteroatoms. The molecule has 1 aromatic carbocycles. The van der Waals surface area contributed by atoms with Crippen LogP contribution in [0.15, 0.2) is 24.3 Å². The first kappa shape index (κ1) is 18.6. The van der Waals surface area contributed by atoms with E-state index in [2.05, 4.69) is 21.2 Å². The number of hydrogen-bond donors (Lipinski definition) is 1. The molecule has 128 valence electrons. The highest BCUT2D eigenvalue weighted by molar-refractivity contribution is 9.09. The topological polar surface area (TPSA) is 47.6 Å². The summed E-state index contributed by atoms with van der Waals surface area (Å²) < 4.78 is 11.0. The lowest BCUT2D eigenvalue weighted by Gasteiger charge is -2.28. The molecule has 1 fully saturated rings. The second kappa shape index (κ2) is 10.2. The van der Waals surface area contributed by atoms with Gasteiger partial charge in [-0.15, -0.1) is 0 Å². The SMILES string of the molecule is O=C(NCC1CCC(OCCCBr)CC1)Oc1ccc(Cl)cc1. The highest BCUT2D eigenvalue weighted by Gasteiger charge is 2.22. The Labute approximate surface area is 151 Å². The highest BCUT2D eigenvalue weighted by Crippen LogP contribution is 2.26. The molecule has 0 aliphatic heterocycles. The summed E-state index contributed by atoms with van der Waals surface area (Å²) >= 11 is 9.20. The molecule has 1 amide bonds. The average Bonchev–Trinajstić information content (AvgIpc) is 2.56. The van der Waals surface area contributed by atoms with Gasteiger partial charge in [-0.2, -0.15) is 0 Å². The maximum absolute atomic E-state index is 11.8. The lowest BCUT2D eigenvalue weighted by molar-refractivity contribution is 0.0192. The zero-order chi connectivity index (χ0) is 16.5. The minimum absolute atomic E-state index is 0.381. The molecule has 23 heavy (non-hydrogen) atoms. The number of amides is 1. The van der Waals surface area contributed by atoms with E-state index >= 15 is 0 Å². The van der Waals surface area contributed by atoms with E-state index in [1.54, 1.807) is 24.3 Å². The molecule has 1 aromatic rings. The Bertz CT molecular complexity index is 475. The van der Waals surface area contributed by atoms with Gasteiger partial charge in [0, 0.05) is 23.5 Å². The summed E-state index contributed by atoms with van der Waals surface area (Å²) in [5.41, 5.74) is 0. The molecule has 1 aliphatic rings. The summed E-state index contributed by atoms with van der Waals surface area (Å²) in [6, 6.07) is 6.75. The quantitative estimate of drug-likeness (QED) is 0.525. The van der Waals surface area contributed by atoms with Gasteiger partial charge in [0.1, 0.15) is 5.75 Å². The molecule has 0 radical (unpaired) electrons. The van der Waals surface area contributed by atoms with Crippen molar-refractivity contribution in [2.45, 2.75) is 38.2 Å². The summed E-state index contributed by atoms with van der Waals surface area (Å²) in [6.45, 7) is 1.48. The standard InChI is InChI=1S/C17H23BrClNO3/c18-10-1-11-22-15-6-2-13(3-7-15)12-20-17(21)23-16-8-4-14(19)5-9-16/h4-5,8-9,13,15H,1-3,6-7,10-12H2,(H,20,21). The van der Waals surface area contributed by atoms with Gasteiger partial charge in [-0.25, -0.2) is 4.79 Å². The van der Waals surface area contributed by atoms with Crippen molar-refractivity contribution >= 4 is 33.6 Å². The van der Waals surface area contributed by atoms with Crippen LogP contribution in [0, 0.1) is 5.92 Å². The maximum Gasteiger partial charge on any atom is 0.412 e. The first-order valence-electron chi connectivity index (χ1n) is 8.06. The van der Waals surface area contributed by atoms with Crippen LogP contribution in [0.2, 0.25) is 5.02 Å². The predicted molar refractivity (Wildman–Crippen MR) is 95.6 cm³/mol. The lowest BCUT2D eigenvalue weighted by atomic mass is 9.87. The Morgan fingerprint density at radius 1 is 1.22 bits per heavy atom. The third-order valence-electron chi connectivity index (χ3n) is 3.98. The maximum atomic E-state index is 11.8. The van der Waals surface area contributed by atoms with Crippen molar-refractivity contribution in [1.29, 1.82) is 0 Å². The van der Waals surface area contributed by atoms with E-state index in [1.807, 2.05) is 0 Å². The molecule has 2 rings (SSSR count). The van der Waals surface area contributed by atoms with Crippen LogP contribution in [-0.2, 0) is 4.74 Å². The van der Waals surface area contributed by atoms with Crippen LogP contribution >= 0.6 is 27.5 Å². The molecule has 0 bridgehead atoms. The van der Waals surface area contributed by atoms with E-state index in [0.717, 1.165) is 44.0 Å². The second-order valence-corrected chi connectivity index (χ2v) is 7.01. The summed E-state index contributed by atoms with van der Waals surface area (Å²) in [5, 5.41) is 4.45. The molecular formula is C17H23BrClNO3. The molecule has 1 saturated carbocycles. The van der Waals surface area contributed by atoms with Crippen LogP contribution in [0.3, 0.4) is 0 Å². The van der Waals surface area contributed by atoms with Gasteiger partial charge in [-0.05, 0) is 62.3 Å². The third kappa shape index (κ3) is 7.10. The monoisotopic (exact) mass is 403 g/mol. The number of ether oxygens (including phenoxy) is 2. The zero-order valence-corrected chi connectivity index (χ0v) is 15.4. The molecule has 0 saturated heterocycles. The molecule has 0 aromatic heterocycles. The number of alkyl halides is 1. The molecule has 0 spiro atoms. The van der Waals surface area contributed by atoms with Crippen LogP contribution < -0.4 is 10.1 Å². The fourth-order valence-corrected chi connectivity index (χ4v) is 3.04. The van der Waals surface area contributed by atoms with Crippen LogP contribution in [-0.4, -0.2) is 30.7 Å². The van der Waals surface area contributed by atoms with Crippen molar-refractivity contribution < 1.29 is 14.3 Å². The summed E-state index contributed by atoms with van der Waals surface area (Å²) in [7, 11) is 0. The number of hydrogen-bond acceptors (Lipinski definition) is 3. The lowest BCUT2D eigenvalue weighted by Crippen LogP contribution is -2.34. The van der Waals surface area contributed by atoms with Gasteiger partial charge in [-0.3, -0.25) is 0 Å². The minimum Gasteiger partial charge on any atom is -0.410 e. The third-order valence-corrected chi connectivity index (χ3v) is 4.80. The molecule has 1 N–H and O–H groups in total. The number of halogens is 2. The van der Waals surface area contributed by atoms with Crippen LogP contribution in [0.5, 0.6) is 5.75 Å². The number of benzene rings is 1. The molecule has 1 aliphatic carbocycles. The first-order chi connectivity index (χ1) is 11.2. The van der Waals surface area contributed by atoms with Crippen molar-refractivity contribution in [3.05, 3.63) is 29.3 Å². The average molecular weight is 405 g/mol. The number of rotatable bonds is 7.